The SMILES string of the molecule is CC(=O)N(CCN(C)C)CC(C)C. The van der Waals surface area contributed by atoms with Crippen molar-refractivity contribution < 1.29 is 4.79 Å². The molecule has 0 rings (SSSR count). The van der Waals surface area contributed by atoms with E-state index in [2.05, 4.69) is 18.7 Å². The van der Waals surface area contributed by atoms with E-state index in [4.69, 9.17) is 0 Å². The fraction of sp³-hybridized carbons (Fsp3) is 0.900. The van der Waals surface area contributed by atoms with Gasteiger partial charge in [-0.1, -0.05) is 13.8 Å². The first-order chi connectivity index (χ1) is 5.93. The smallest absolute Gasteiger partial charge is 0.219 e. The predicted octanol–water partition coefficient (Wildman–Crippen LogP) is 1.05. The normalized spacial score (nSPS) is 11.0. The van der Waals surface area contributed by atoms with Crippen molar-refractivity contribution in [2.24, 2.45) is 5.92 Å². The second kappa shape index (κ2) is 5.97. The van der Waals surface area contributed by atoms with Crippen LogP contribution in [0.4, 0.5) is 0 Å². The van der Waals surface area contributed by atoms with Crippen molar-refractivity contribution >= 4 is 5.91 Å². The van der Waals surface area contributed by atoms with Crippen LogP contribution in [0.25, 0.3) is 0 Å². The quantitative estimate of drug-likeness (QED) is 0.641. The highest BCUT2D eigenvalue weighted by atomic mass is 16.2. The van der Waals surface area contributed by atoms with Gasteiger partial charge in [0, 0.05) is 26.6 Å². The molecule has 3 heteroatoms. The average Bonchev–Trinajstić information content (AvgIpc) is 1.96. The molecule has 0 saturated heterocycles. The van der Waals surface area contributed by atoms with Crippen LogP contribution in [0.15, 0.2) is 0 Å². The molecule has 0 bridgehead atoms. The molecular formula is C10H22N2O. The first-order valence-corrected chi connectivity index (χ1v) is 4.83. The van der Waals surface area contributed by atoms with E-state index >= 15 is 0 Å². The fourth-order valence-corrected chi connectivity index (χ4v) is 1.14. The fourth-order valence-electron chi connectivity index (χ4n) is 1.14. The Labute approximate surface area is 81.7 Å². The van der Waals surface area contributed by atoms with E-state index in [1.54, 1.807) is 6.92 Å². The molecule has 3 nitrogen and oxygen atoms in total. The van der Waals surface area contributed by atoms with E-state index in [9.17, 15) is 4.79 Å². The molecule has 0 aromatic heterocycles. The highest BCUT2D eigenvalue weighted by Crippen LogP contribution is 1.98. The van der Waals surface area contributed by atoms with Gasteiger partial charge in [-0.3, -0.25) is 4.79 Å². The van der Waals surface area contributed by atoms with E-state index in [1.165, 1.54) is 0 Å². The second-order valence-electron chi connectivity index (χ2n) is 4.16. The Kier molecular flexibility index (Phi) is 5.71. The van der Waals surface area contributed by atoms with Crippen LogP contribution in [0.3, 0.4) is 0 Å². The zero-order valence-corrected chi connectivity index (χ0v) is 9.50. The van der Waals surface area contributed by atoms with Gasteiger partial charge in [0.05, 0.1) is 0 Å². The Balaban J connectivity index is 3.88. The van der Waals surface area contributed by atoms with Gasteiger partial charge in [0.15, 0.2) is 0 Å². The number of carbonyl (C=O) groups is 1. The van der Waals surface area contributed by atoms with Crippen LogP contribution in [-0.4, -0.2) is 49.4 Å². The van der Waals surface area contributed by atoms with Gasteiger partial charge in [-0.15, -0.1) is 0 Å². The third-order valence-electron chi connectivity index (χ3n) is 1.85. The topological polar surface area (TPSA) is 23.6 Å². The standard InChI is InChI=1S/C10H22N2O/c1-9(2)8-12(10(3)13)7-6-11(4)5/h9H,6-8H2,1-5H3. The molecule has 0 atom stereocenters. The summed E-state index contributed by atoms with van der Waals surface area (Å²) in [6.45, 7) is 8.53. The zero-order valence-electron chi connectivity index (χ0n) is 9.50. The second-order valence-corrected chi connectivity index (χ2v) is 4.16. The molecule has 0 saturated carbocycles. The maximum absolute atomic E-state index is 11.2. The zero-order chi connectivity index (χ0) is 10.4. The largest absolute Gasteiger partial charge is 0.341 e. The molecule has 0 aliphatic heterocycles. The Morgan fingerprint density at radius 3 is 2.08 bits per heavy atom. The van der Waals surface area contributed by atoms with E-state index in [1.807, 2.05) is 19.0 Å². The molecule has 0 aliphatic rings. The minimum Gasteiger partial charge on any atom is -0.341 e. The van der Waals surface area contributed by atoms with E-state index in [0.717, 1.165) is 19.6 Å². The summed E-state index contributed by atoms with van der Waals surface area (Å²) in [7, 11) is 4.04. The molecule has 0 fully saturated rings. The van der Waals surface area contributed by atoms with E-state index < -0.39 is 0 Å². The number of amides is 1. The Bertz CT molecular complexity index is 155. The molecular weight excluding hydrogens is 164 g/mol. The summed E-state index contributed by atoms with van der Waals surface area (Å²) in [6.07, 6.45) is 0. The maximum atomic E-state index is 11.2. The summed E-state index contributed by atoms with van der Waals surface area (Å²) in [4.78, 5) is 15.2. The molecule has 78 valence electrons. The van der Waals surface area contributed by atoms with Crippen LogP contribution < -0.4 is 0 Å². The highest BCUT2D eigenvalue weighted by Gasteiger charge is 2.09. The summed E-state index contributed by atoms with van der Waals surface area (Å²) in [5, 5.41) is 0. The van der Waals surface area contributed by atoms with Crippen molar-refractivity contribution in [3.8, 4) is 0 Å². The van der Waals surface area contributed by atoms with Gasteiger partial charge in [0.2, 0.25) is 5.91 Å². The van der Waals surface area contributed by atoms with Gasteiger partial charge in [-0.25, -0.2) is 0 Å². The van der Waals surface area contributed by atoms with Crippen LogP contribution in [0.5, 0.6) is 0 Å². The third-order valence-corrected chi connectivity index (χ3v) is 1.85. The van der Waals surface area contributed by atoms with Crippen molar-refractivity contribution in [2.75, 3.05) is 33.7 Å². The molecule has 0 unspecified atom stereocenters. The van der Waals surface area contributed by atoms with Crippen LogP contribution in [0, 0.1) is 5.92 Å². The van der Waals surface area contributed by atoms with Gasteiger partial charge in [0.25, 0.3) is 0 Å². The summed E-state index contributed by atoms with van der Waals surface area (Å²) < 4.78 is 0. The number of hydrogen-bond donors (Lipinski definition) is 0. The number of hydrogen-bond acceptors (Lipinski definition) is 2. The minimum atomic E-state index is 0.176. The summed E-state index contributed by atoms with van der Waals surface area (Å²) in [5.74, 6) is 0.724. The summed E-state index contributed by atoms with van der Waals surface area (Å²) >= 11 is 0. The van der Waals surface area contributed by atoms with Crippen molar-refractivity contribution in [1.29, 1.82) is 0 Å². The lowest BCUT2D eigenvalue weighted by molar-refractivity contribution is -0.129. The Morgan fingerprint density at radius 1 is 1.23 bits per heavy atom. The minimum absolute atomic E-state index is 0.176. The van der Waals surface area contributed by atoms with Crippen LogP contribution >= 0.6 is 0 Å². The van der Waals surface area contributed by atoms with Gasteiger partial charge < -0.3 is 9.80 Å². The van der Waals surface area contributed by atoms with Crippen LogP contribution in [-0.2, 0) is 4.79 Å². The number of carbonyl (C=O) groups excluding carboxylic acids is 1. The van der Waals surface area contributed by atoms with E-state index in [-0.39, 0.29) is 5.91 Å². The molecule has 0 aromatic rings. The molecule has 0 aliphatic carbocycles. The molecule has 0 radical (unpaired) electrons. The van der Waals surface area contributed by atoms with Gasteiger partial charge in [-0.2, -0.15) is 0 Å². The molecule has 0 N–H and O–H groups in total. The molecule has 0 aromatic carbocycles. The lowest BCUT2D eigenvalue weighted by Gasteiger charge is -2.24. The molecule has 0 spiro atoms. The van der Waals surface area contributed by atoms with Crippen molar-refractivity contribution in [1.82, 2.24) is 9.80 Å². The average molecular weight is 186 g/mol. The first-order valence-electron chi connectivity index (χ1n) is 4.83. The lowest BCUT2D eigenvalue weighted by Crippen LogP contribution is -2.37. The van der Waals surface area contributed by atoms with Crippen molar-refractivity contribution in [3.05, 3.63) is 0 Å². The Morgan fingerprint density at radius 2 is 1.77 bits per heavy atom. The van der Waals surface area contributed by atoms with E-state index in [0.29, 0.717) is 5.92 Å². The predicted molar refractivity (Wildman–Crippen MR) is 55.6 cm³/mol. The van der Waals surface area contributed by atoms with Crippen LogP contribution in [0.1, 0.15) is 20.8 Å². The molecule has 0 heterocycles. The maximum Gasteiger partial charge on any atom is 0.219 e. The first kappa shape index (κ1) is 12.4. The number of rotatable bonds is 5. The highest BCUT2D eigenvalue weighted by molar-refractivity contribution is 5.73. The lowest BCUT2D eigenvalue weighted by atomic mass is 10.2. The molecule has 13 heavy (non-hydrogen) atoms. The van der Waals surface area contributed by atoms with Gasteiger partial charge >= 0.3 is 0 Å². The van der Waals surface area contributed by atoms with Crippen molar-refractivity contribution in [2.45, 2.75) is 20.8 Å². The summed E-state index contributed by atoms with van der Waals surface area (Å²) in [5.41, 5.74) is 0. The monoisotopic (exact) mass is 186 g/mol. The van der Waals surface area contributed by atoms with Gasteiger partial charge in [0.1, 0.15) is 0 Å². The van der Waals surface area contributed by atoms with Crippen molar-refractivity contribution in [3.63, 3.8) is 0 Å². The van der Waals surface area contributed by atoms with Gasteiger partial charge in [-0.05, 0) is 20.0 Å². The van der Waals surface area contributed by atoms with Crippen LogP contribution in [0.2, 0.25) is 0 Å². The molecule has 1 amide bonds. The number of nitrogens with zero attached hydrogens (tertiary/aromatic N) is 2. The Hall–Kier alpha value is -0.570. The third kappa shape index (κ3) is 6.58. The number of likely N-dealkylation sites (N-methyl/N-ethyl adjacent to an activating group) is 1. The summed E-state index contributed by atoms with van der Waals surface area (Å²) in [6, 6.07) is 0.